The van der Waals surface area contributed by atoms with Crippen LogP contribution in [0.3, 0.4) is 0 Å². The van der Waals surface area contributed by atoms with Crippen LogP contribution in [0, 0.1) is 5.92 Å². The molecule has 0 radical (unpaired) electrons. The molecule has 2 aromatic rings. The van der Waals surface area contributed by atoms with Crippen molar-refractivity contribution in [1.82, 2.24) is 20.1 Å². The summed E-state index contributed by atoms with van der Waals surface area (Å²) in [5.74, 6) is 0.217. The summed E-state index contributed by atoms with van der Waals surface area (Å²) in [6.45, 7) is 2.49. The van der Waals surface area contributed by atoms with E-state index in [0.29, 0.717) is 12.5 Å². The molecule has 1 aliphatic rings. The zero-order valence-electron chi connectivity index (χ0n) is 12.7. The highest BCUT2D eigenvalue weighted by atomic mass is 32.1. The standard InChI is InChI=1S/C15H19N5O2S/c21-13(11-20-14(22)4-1-5-18-20)17-9-12-3-2-7-19(10-12)15-16-6-8-23-15/h1,4-6,8,12H,2-3,7,9-11H2,(H,17,21)/t12-/m0/s1. The van der Waals surface area contributed by atoms with Crippen LogP contribution in [0.4, 0.5) is 5.13 Å². The molecule has 1 amide bonds. The number of carbonyl (C=O) groups excluding carboxylic acids is 1. The number of hydrogen-bond acceptors (Lipinski definition) is 6. The summed E-state index contributed by atoms with van der Waals surface area (Å²) in [6.07, 6.45) is 5.50. The van der Waals surface area contributed by atoms with Crippen molar-refractivity contribution in [2.45, 2.75) is 19.4 Å². The summed E-state index contributed by atoms with van der Waals surface area (Å²) < 4.78 is 1.16. The van der Waals surface area contributed by atoms with Gasteiger partial charge in [-0.15, -0.1) is 11.3 Å². The predicted molar refractivity (Wildman–Crippen MR) is 88.6 cm³/mol. The molecule has 1 aliphatic heterocycles. The average Bonchev–Trinajstić information content (AvgIpc) is 3.10. The highest BCUT2D eigenvalue weighted by Crippen LogP contribution is 2.24. The van der Waals surface area contributed by atoms with Gasteiger partial charge < -0.3 is 10.2 Å². The van der Waals surface area contributed by atoms with E-state index < -0.39 is 0 Å². The molecule has 0 unspecified atom stereocenters. The molecule has 0 bridgehead atoms. The van der Waals surface area contributed by atoms with Crippen molar-refractivity contribution in [3.63, 3.8) is 0 Å². The van der Waals surface area contributed by atoms with Gasteiger partial charge in [0.15, 0.2) is 5.13 Å². The van der Waals surface area contributed by atoms with Gasteiger partial charge in [0.25, 0.3) is 5.56 Å². The number of nitrogens with zero attached hydrogens (tertiary/aromatic N) is 4. The number of anilines is 1. The monoisotopic (exact) mass is 333 g/mol. The minimum atomic E-state index is -0.268. The van der Waals surface area contributed by atoms with Crippen molar-refractivity contribution in [2.75, 3.05) is 24.5 Å². The highest BCUT2D eigenvalue weighted by Gasteiger charge is 2.22. The molecule has 122 valence electrons. The van der Waals surface area contributed by atoms with Crippen LogP contribution in [0.1, 0.15) is 12.8 Å². The maximum absolute atomic E-state index is 12.0. The molecular formula is C15H19N5O2S. The second-order valence-electron chi connectivity index (χ2n) is 5.59. The molecular weight excluding hydrogens is 314 g/mol. The van der Waals surface area contributed by atoms with Gasteiger partial charge in [-0.1, -0.05) is 0 Å². The summed E-state index contributed by atoms with van der Waals surface area (Å²) in [7, 11) is 0. The Hall–Kier alpha value is -2.22. The fraction of sp³-hybridized carbons (Fsp3) is 0.467. The van der Waals surface area contributed by atoms with Crippen LogP contribution in [-0.2, 0) is 11.3 Å². The Balaban J connectivity index is 1.49. The van der Waals surface area contributed by atoms with Crippen LogP contribution in [0.5, 0.6) is 0 Å². The minimum Gasteiger partial charge on any atom is -0.354 e. The largest absolute Gasteiger partial charge is 0.354 e. The maximum Gasteiger partial charge on any atom is 0.267 e. The number of hydrogen-bond donors (Lipinski definition) is 1. The molecule has 0 aromatic carbocycles. The third kappa shape index (κ3) is 4.16. The van der Waals surface area contributed by atoms with E-state index in [2.05, 4.69) is 20.3 Å². The Bertz CT molecular complexity index is 700. The number of piperidine rings is 1. The first-order valence-electron chi connectivity index (χ1n) is 7.65. The summed E-state index contributed by atoms with van der Waals surface area (Å²) in [6, 6.07) is 2.96. The van der Waals surface area contributed by atoms with Gasteiger partial charge in [0.05, 0.1) is 0 Å². The Kier molecular flexibility index (Phi) is 5.02. The zero-order chi connectivity index (χ0) is 16.1. The molecule has 1 N–H and O–H groups in total. The number of thiazole rings is 1. The smallest absolute Gasteiger partial charge is 0.267 e. The lowest BCUT2D eigenvalue weighted by Crippen LogP contribution is -2.42. The van der Waals surface area contributed by atoms with Crippen molar-refractivity contribution in [1.29, 1.82) is 0 Å². The number of amides is 1. The lowest BCUT2D eigenvalue weighted by atomic mass is 9.98. The van der Waals surface area contributed by atoms with Crippen molar-refractivity contribution < 1.29 is 4.79 Å². The molecule has 1 fully saturated rings. The van der Waals surface area contributed by atoms with Gasteiger partial charge in [0.2, 0.25) is 5.91 Å². The van der Waals surface area contributed by atoms with Crippen LogP contribution in [0.2, 0.25) is 0 Å². The molecule has 0 spiro atoms. The first-order chi connectivity index (χ1) is 11.2. The number of rotatable bonds is 5. The van der Waals surface area contributed by atoms with E-state index in [0.717, 1.165) is 35.7 Å². The Labute approximate surface area is 138 Å². The van der Waals surface area contributed by atoms with Gasteiger partial charge in [-0.25, -0.2) is 9.67 Å². The second kappa shape index (κ2) is 7.36. The van der Waals surface area contributed by atoms with E-state index in [1.165, 1.54) is 12.3 Å². The quantitative estimate of drug-likeness (QED) is 0.873. The SMILES string of the molecule is O=C(Cn1ncccc1=O)NC[C@@H]1CCCN(c2nccs2)C1. The molecule has 2 aromatic heterocycles. The van der Waals surface area contributed by atoms with Crippen LogP contribution in [0.15, 0.2) is 34.7 Å². The third-order valence-corrected chi connectivity index (χ3v) is 4.71. The first-order valence-corrected chi connectivity index (χ1v) is 8.53. The molecule has 0 saturated carbocycles. The van der Waals surface area contributed by atoms with Gasteiger partial charge in [-0.05, 0) is 24.8 Å². The van der Waals surface area contributed by atoms with E-state index in [9.17, 15) is 9.59 Å². The van der Waals surface area contributed by atoms with E-state index in [1.807, 2.05) is 11.6 Å². The number of aromatic nitrogens is 3. The molecule has 1 saturated heterocycles. The lowest BCUT2D eigenvalue weighted by molar-refractivity contribution is -0.122. The van der Waals surface area contributed by atoms with Crippen LogP contribution in [0.25, 0.3) is 0 Å². The molecule has 7 nitrogen and oxygen atoms in total. The number of carbonyl (C=O) groups is 1. The lowest BCUT2D eigenvalue weighted by Gasteiger charge is -2.32. The second-order valence-corrected chi connectivity index (χ2v) is 6.47. The summed E-state index contributed by atoms with van der Waals surface area (Å²) in [5, 5.41) is 9.82. The Morgan fingerprint density at radius 1 is 1.43 bits per heavy atom. The van der Waals surface area contributed by atoms with Gasteiger partial charge in [-0.3, -0.25) is 9.59 Å². The topological polar surface area (TPSA) is 80.1 Å². The van der Waals surface area contributed by atoms with Gasteiger partial charge >= 0.3 is 0 Å². The highest BCUT2D eigenvalue weighted by molar-refractivity contribution is 7.13. The molecule has 0 aliphatic carbocycles. The first kappa shape index (κ1) is 15.7. The minimum absolute atomic E-state index is 0.0391. The van der Waals surface area contributed by atoms with Crippen molar-refractivity contribution in [3.8, 4) is 0 Å². The Morgan fingerprint density at radius 3 is 3.13 bits per heavy atom. The third-order valence-electron chi connectivity index (χ3n) is 3.88. The Morgan fingerprint density at radius 2 is 2.35 bits per heavy atom. The average molecular weight is 333 g/mol. The molecule has 23 heavy (non-hydrogen) atoms. The molecule has 3 rings (SSSR count). The summed E-state index contributed by atoms with van der Waals surface area (Å²) in [4.78, 5) is 30.1. The fourth-order valence-electron chi connectivity index (χ4n) is 2.73. The summed E-state index contributed by atoms with van der Waals surface area (Å²) >= 11 is 1.64. The normalized spacial score (nSPS) is 17.9. The molecule has 3 heterocycles. The van der Waals surface area contributed by atoms with Crippen LogP contribution in [-0.4, -0.2) is 40.3 Å². The molecule has 8 heteroatoms. The molecule has 1 atom stereocenters. The van der Waals surface area contributed by atoms with Crippen molar-refractivity contribution in [2.24, 2.45) is 5.92 Å². The van der Waals surface area contributed by atoms with E-state index in [1.54, 1.807) is 17.4 Å². The van der Waals surface area contributed by atoms with Gasteiger partial charge in [0, 0.05) is 43.5 Å². The van der Waals surface area contributed by atoms with Crippen molar-refractivity contribution in [3.05, 3.63) is 40.3 Å². The van der Waals surface area contributed by atoms with E-state index in [4.69, 9.17) is 0 Å². The van der Waals surface area contributed by atoms with Crippen LogP contribution < -0.4 is 15.8 Å². The van der Waals surface area contributed by atoms with E-state index >= 15 is 0 Å². The van der Waals surface area contributed by atoms with Gasteiger partial charge in [-0.2, -0.15) is 5.10 Å². The van der Waals surface area contributed by atoms with Crippen LogP contribution >= 0.6 is 11.3 Å². The number of nitrogens with one attached hydrogen (secondary N) is 1. The maximum atomic E-state index is 12.0. The predicted octanol–water partition coefficient (Wildman–Crippen LogP) is 0.733. The fourth-order valence-corrected chi connectivity index (χ4v) is 3.41. The van der Waals surface area contributed by atoms with Crippen molar-refractivity contribution >= 4 is 22.4 Å². The van der Waals surface area contributed by atoms with E-state index in [-0.39, 0.29) is 18.0 Å². The van der Waals surface area contributed by atoms with Gasteiger partial charge in [0.1, 0.15) is 6.54 Å². The zero-order valence-corrected chi connectivity index (χ0v) is 13.5. The summed E-state index contributed by atoms with van der Waals surface area (Å²) in [5.41, 5.74) is -0.268.